The summed E-state index contributed by atoms with van der Waals surface area (Å²) in [5.74, 6) is 3.04. The van der Waals surface area contributed by atoms with Crippen molar-refractivity contribution in [3.05, 3.63) is 23.8 Å². The molecule has 0 amide bonds. The highest BCUT2D eigenvalue weighted by atomic mass is 16.5. The van der Waals surface area contributed by atoms with E-state index >= 15 is 0 Å². The summed E-state index contributed by atoms with van der Waals surface area (Å²) < 4.78 is 11.6. The van der Waals surface area contributed by atoms with Gasteiger partial charge in [0, 0.05) is 26.2 Å². The van der Waals surface area contributed by atoms with Gasteiger partial charge in [0.1, 0.15) is 6.61 Å². The summed E-state index contributed by atoms with van der Waals surface area (Å²) >= 11 is 0. The molecular formula is C22H34N2O3. The Hall–Kier alpha value is -1.30. The molecule has 4 rings (SSSR count). The molecule has 0 radical (unpaired) electrons. The van der Waals surface area contributed by atoms with E-state index in [1.54, 1.807) is 7.11 Å². The van der Waals surface area contributed by atoms with E-state index in [1.807, 2.05) is 0 Å². The molecule has 5 heteroatoms. The number of piperidine rings is 1. The Balaban J connectivity index is 1.29. The lowest BCUT2D eigenvalue weighted by atomic mass is 10.0. The molecule has 2 saturated heterocycles. The summed E-state index contributed by atoms with van der Waals surface area (Å²) in [4.78, 5) is 5.01. The molecule has 150 valence electrons. The van der Waals surface area contributed by atoms with Crippen molar-refractivity contribution in [3.8, 4) is 11.5 Å². The van der Waals surface area contributed by atoms with E-state index in [-0.39, 0.29) is 6.10 Å². The van der Waals surface area contributed by atoms with E-state index in [0.29, 0.717) is 18.4 Å². The van der Waals surface area contributed by atoms with E-state index in [4.69, 9.17) is 9.47 Å². The Bertz CT molecular complexity index is 604. The number of benzene rings is 1. The van der Waals surface area contributed by atoms with Crippen LogP contribution in [0.25, 0.3) is 0 Å². The Morgan fingerprint density at radius 3 is 2.44 bits per heavy atom. The van der Waals surface area contributed by atoms with Gasteiger partial charge in [0.2, 0.25) is 0 Å². The first kappa shape index (κ1) is 19.0. The number of aliphatic hydroxyl groups is 1. The third-order valence-electron chi connectivity index (χ3n) is 6.55. The fourth-order valence-corrected chi connectivity index (χ4v) is 5.15. The lowest BCUT2D eigenvalue weighted by Crippen LogP contribution is -2.33. The van der Waals surface area contributed by atoms with Crippen molar-refractivity contribution in [1.82, 2.24) is 9.80 Å². The van der Waals surface area contributed by atoms with Crippen LogP contribution < -0.4 is 9.47 Å². The van der Waals surface area contributed by atoms with Crippen molar-refractivity contribution in [2.75, 3.05) is 46.4 Å². The summed E-state index contributed by atoms with van der Waals surface area (Å²) in [7, 11) is 1.72. The Morgan fingerprint density at radius 1 is 1.00 bits per heavy atom. The van der Waals surface area contributed by atoms with Gasteiger partial charge < -0.3 is 14.6 Å². The monoisotopic (exact) mass is 374 g/mol. The maximum Gasteiger partial charge on any atom is 0.161 e. The van der Waals surface area contributed by atoms with E-state index in [0.717, 1.165) is 50.5 Å². The molecule has 3 fully saturated rings. The predicted octanol–water partition coefficient (Wildman–Crippen LogP) is 2.76. The van der Waals surface area contributed by atoms with Gasteiger partial charge in [0.25, 0.3) is 0 Å². The summed E-state index contributed by atoms with van der Waals surface area (Å²) in [5.41, 5.74) is 1.27. The number of ether oxygens (including phenoxy) is 2. The molecule has 2 heterocycles. The number of hydrogen-bond donors (Lipinski definition) is 1. The Labute approximate surface area is 163 Å². The van der Waals surface area contributed by atoms with Crippen LogP contribution in [0.5, 0.6) is 11.5 Å². The predicted molar refractivity (Wildman–Crippen MR) is 106 cm³/mol. The first-order chi connectivity index (χ1) is 13.2. The van der Waals surface area contributed by atoms with Crippen molar-refractivity contribution in [2.24, 2.45) is 11.8 Å². The topological polar surface area (TPSA) is 45.2 Å². The molecule has 0 spiro atoms. The largest absolute Gasteiger partial charge is 0.493 e. The van der Waals surface area contributed by atoms with Crippen LogP contribution in [-0.2, 0) is 6.54 Å². The summed E-state index contributed by atoms with van der Waals surface area (Å²) in [6.45, 7) is 7.28. The van der Waals surface area contributed by atoms with Crippen molar-refractivity contribution in [1.29, 1.82) is 0 Å². The van der Waals surface area contributed by atoms with Crippen molar-refractivity contribution >= 4 is 0 Å². The maximum atomic E-state index is 9.81. The van der Waals surface area contributed by atoms with Gasteiger partial charge in [0.15, 0.2) is 11.5 Å². The van der Waals surface area contributed by atoms with Gasteiger partial charge in [-0.3, -0.25) is 9.80 Å². The van der Waals surface area contributed by atoms with Crippen LogP contribution in [0.3, 0.4) is 0 Å². The molecule has 1 aliphatic carbocycles. The van der Waals surface area contributed by atoms with Crippen LogP contribution in [0.15, 0.2) is 18.2 Å². The highest BCUT2D eigenvalue weighted by molar-refractivity contribution is 5.43. The third-order valence-corrected chi connectivity index (χ3v) is 6.55. The lowest BCUT2D eigenvalue weighted by molar-refractivity contribution is 0.161. The van der Waals surface area contributed by atoms with Crippen LogP contribution in [0.1, 0.15) is 37.7 Å². The van der Waals surface area contributed by atoms with Crippen LogP contribution >= 0.6 is 0 Å². The second kappa shape index (κ2) is 8.80. The van der Waals surface area contributed by atoms with Crippen LogP contribution in [0.2, 0.25) is 0 Å². The number of methoxy groups -OCH3 is 1. The third kappa shape index (κ3) is 4.76. The average Bonchev–Trinajstić information content (AvgIpc) is 3.20. The van der Waals surface area contributed by atoms with Gasteiger partial charge in [-0.2, -0.15) is 0 Å². The second-order valence-electron chi connectivity index (χ2n) is 8.58. The Kier molecular flexibility index (Phi) is 6.21. The summed E-state index contributed by atoms with van der Waals surface area (Å²) in [5, 5.41) is 9.81. The Morgan fingerprint density at radius 2 is 1.74 bits per heavy atom. The second-order valence-corrected chi connectivity index (χ2v) is 8.58. The van der Waals surface area contributed by atoms with E-state index in [9.17, 15) is 5.11 Å². The van der Waals surface area contributed by atoms with Crippen LogP contribution in [0, 0.1) is 11.8 Å². The molecule has 2 aliphatic heterocycles. The van der Waals surface area contributed by atoms with Crippen LogP contribution in [0.4, 0.5) is 0 Å². The molecule has 27 heavy (non-hydrogen) atoms. The molecule has 3 aliphatic rings. The number of aliphatic hydroxyl groups excluding tert-OH is 1. The molecule has 3 atom stereocenters. The first-order valence-electron chi connectivity index (χ1n) is 10.6. The van der Waals surface area contributed by atoms with Gasteiger partial charge in [-0.05, 0) is 68.3 Å². The summed E-state index contributed by atoms with van der Waals surface area (Å²) in [6.07, 6.45) is 5.89. The maximum absolute atomic E-state index is 9.81. The zero-order valence-corrected chi connectivity index (χ0v) is 16.6. The smallest absolute Gasteiger partial charge is 0.161 e. The number of fused-ring (bicyclic) bond motifs is 1. The first-order valence-corrected chi connectivity index (χ1v) is 10.6. The summed E-state index contributed by atoms with van der Waals surface area (Å²) in [6, 6.07) is 6.35. The molecular weight excluding hydrogens is 340 g/mol. The minimum atomic E-state index is -0.0661. The van der Waals surface area contributed by atoms with Gasteiger partial charge in [-0.15, -0.1) is 0 Å². The minimum absolute atomic E-state index is 0.0661. The van der Waals surface area contributed by atoms with Crippen molar-refractivity contribution in [3.63, 3.8) is 0 Å². The molecule has 0 bridgehead atoms. The fraction of sp³-hybridized carbons (Fsp3) is 0.727. The molecule has 0 aromatic heterocycles. The minimum Gasteiger partial charge on any atom is -0.493 e. The molecule has 5 nitrogen and oxygen atoms in total. The standard InChI is InChI=1S/C22H34N2O3/c1-26-22-11-17(14-24-15-18-12-20(25)13-19(18)16-24)5-6-21(22)27-10-9-23-7-3-2-4-8-23/h5-6,11,18-20,25H,2-4,7-10,12-16H2,1H3/t18-,19+,20?. The molecule has 1 aromatic rings. The van der Waals surface area contributed by atoms with Crippen molar-refractivity contribution in [2.45, 2.75) is 44.8 Å². The van der Waals surface area contributed by atoms with E-state index < -0.39 is 0 Å². The SMILES string of the molecule is COc1cc(CN2C[C@H]3CC(O)C[C@H]3C2)ccc1OCCN1CCCCC1. The molecule has 1 unspecified atom stereocenters. The number of nitrogens with zero attached hydrogens (tertiary/aromatic N) is 2. The van der Waals surface area contributed by atoms with Gasteiger partial charge in [0.05, 0.1) is 13.2 Å². The molecule has 1 saturated carbocycles. The van der Waals surface area contributed by atoms with Crippen LogP contribution in [-0.4, -0.2) is 67.5 Å². The van der Waals surface area contributed by atoms with E-state index in [1.165, 1.54) is 37.9 Å². The van der Waals surface area contributed by atoms with Crippen molar-refractivity contribution < 1.29 is 14.6 Å². The lowest BCUT2D eigenvalue weighted by Gasteiger charge is -2.26. The molecule has 1 N–H and O–H groups in total. The zero-order valence-electron chi connectivity index (χ0n) is 16.6. The number of likely N-dealkylation sites (tertiary alicyclic amines) is 2. The average molecular weight is 375 g/mol. The number of hydrogen-bond acceptors (Lipinski definition) is 5. The molecule has 1 aromatic carbocycles. The van der Waals surface area contributed by atoms with E-state index in [2.05, 4.69) is 28.0 Å². The zero-order chi connectivity index (χ0) is 18.6. The highest BCUT2D eigenvalue weighted by Gasteiger charge is 2.39. The number of rotatable bonds is 7. The fourth-order valence-electron chi connectivity index (χ4n) is 5.15. The van der Waals surface area contributed by atoms with Gasteiger partial charge >= 0.3 is 0 Å². The highest BCUT2D eigenvalue weighted by Crippen LogP contribution is 2.39. The van der Waals surface area contributed by atoms with Gasteiger partial charge in [-0.1, -0.05) is 12.5 Å². The normalized spacial score (nSPS) is 29.0. The van der Waals surface area contributed by atoms with Gasteiger partial charge in [-0.25, -0.2) is 0 Å². The quantitative estimate of drug-likeness (QED) is 0.795.